The van der Waals surface area contributed by atoms with Gasteiger partial charge in [-0.05, 0) is 17.7 Å². The maximum absolute atomic E-state index is 12.8. The summed E-state index contributed by atoms with van der Waals surface area (Å²) in [5.41, 5.74) is 0.283. The Morgan fingerprint density at radius 1 is 1.14 bits per heavy atom. The monoisotopic (exact) mass is 304 g/mol. The minimum atomic E-state index is -4.76. The van der Waals surface area contributed by atoms with Gasteiger partial charge in [0.05, 0.1) is 6.54 Å². The van der Waals surface area contributed by atoms with Crippen LogP contribution in [0.1, 0.15) is 17.5 Å². The van der Waals surface area contributed by atoms with Gasteiger partial charge in [0.2, 0.25) is 0 Å². The van der Waals surface area contributed by atoms with Gasteiger partial charge in [-0.15, -0.1) is 0 Å². The Kier molecular flexibility index (Phi) is 4.29. The summed E-state index contributed by atoms with van der Waals surface area (Å²) >= 11 is 0. The van der Waals surface area contributed by atoms with Crippen molar-refractivity contribution >= 4 is 0 Å². The van der Waals surface area contributed by atoms with E-state index in [-0.39, 0.29) is 11.4 Å². The van der Waals surface area contributed by atoms with Crippen LogP contribution in [0.25, 0.3) is 0 Å². The number of aliphatic hydroxyl groups excluding tert-OH is 2. The zero-order chi connectivity index (χ0) is 15.6. The summed E-state index contributed by atoms with van der Waals surface area (Å²) in [6.07, 6.45) is -6.21. The maximum Gasteiger partial charge on any atom is 0.416 e. The lowest BCUT2D eigenvalue weighted by molar-refractivity contribution is -0.207. The van der Waals surface area contributed by atoms with Crippen molar-refractivity contribution in [3.8, 4) is 0 Å². The van der Waals surface area contributed by atoms with E-state index in [2.05, 4.69) is 4.98 Å². The summed E-state index contributed by atoms with van der Waals surface area (Å²) in [6, 6.07) is 4.85. The number of hydrogen-bond donors (Lipinski definition) is 2. The largest absolute Gasteiger partial charge is 0.416 e. The topological polar surface area (TPSA) is 58.3 Å². The van der Waals surface area contributed by atoms with E-state index in [1.165, 1.54) is 24.5 Å². The van der Waals surface area contributed by atoms with Crippen molar-refractivity contribution in [2.45, 2.75) is 24.9 Å². The molecule has 0 radical (unpaired) electrons. The number of rotatable bonds is 4. The standard InChI is InChI=1S/C13H12F4N2O2/c14-9-3-1-8(2-4-9)11(21)12-18-5-6-19(12)7-10(20)13(15,16)17/h1-6,10-11,20-21H,7H2/t10-,11-/m1/s1. The normalized spacial score (nSPS) is 15.0. The van der Waals surface area contributed by atoms with E-state index in [0.717, 1.165) is 16.7 Å². The van der Waals surface area contributed by atoms with E-state index < -0.39 is 30.7 Å². The molecule has 21 heavy (non-hydrogen) atoms. The van der Waals surface area contributed by atoms with Crippen molar-refractivity contribution in [1.82, 2.24) is 9.55 Å². The van der Waals surface area contributed by atoms with Crippen LogP contribution < -0.4 is 0 Å². The van der Waals surface area contributed by atoms with Crippen molar-refractivity contribution in [2.24, 2.45) is 0 Å². The number of nitrogens with zero attached hydrogens (tertiary/aromatic N) is 2. The summed E-state index contributed by atoms with van der Waals surface area (Å²) in [7, 11) is 0. The van der Waals surface area contributed by atoms with E-state index in [9.17, 15) is 22.7 Å². The molecule has 1 heterocycles. The van der Waals surface area contributed by atoms with Crippen molar-refractivity contribution in [3.05, 3.63) is 53.9 Å². The first-order valence-corrected chi connectivity index (χ1v) is 5.98. The Morgan fingerprint density at radius 2 is 1.76 bits per heavy atom. The second-order valence-corrected chi connectivity index (χ2v) is 4.45. The molecule has 0 bridgehead atoms. The molecule has 114 valence electrons. The molecule has 0 aliphatic heterocycles. The van der Waals surface area contributed by atoms with E-state index in [4.69, 9.17) is 5.11 Å². The molecular weight excluding hydrogens is 292 g/mol. The van der Waals surface area contributed by atoms with Crippen molar-refractivity contribution < 1.29 is 27.8 Å². The van der Waals surface area contributed by atoms with Crippen LogP contribution in [0, 0.1) is 5.82 Å². The van der Waals surface area contributed by atoms with Crippen molar-refractivity contribution in [1.29, 1.82) is 0 Å². The smallest absolute Gasteiger partial charge is 0.382 e. The quantitative estimate of drug-likeness (QED) is 0.850. The fourth-order valence-electron chi connectivity index (χ4n) is 1.81. The highest BCUT2D eigenvalue weighted by atomic mass is 19.4. The molecule has 0 aliphatic rings. The number of halogens is 4. The Balaban J connectivity index is 2.21. The van der Waals surface area contributed by atoms with Gasteiger partial charge in [0.1, 0.15) is 17.7 Å². The number of aromatic nitrogens is 2. The second kappa shape index (κ2) is 5.82. The third-order valence-electron chi connectivity index (χ3n) is 2.93. The lowest BCUT2D eigenvalue weighted by Gasteiger charge is -2.18. The lowest BCUT2D eigenvalue weighted by atomic mass is 10.1. The van der Waals surface area contributed by atoms with Gasteiger partial charge >= 0.3 is 6.18 Å². The van der Waals surface area contributed by atoms with E-state index in [1.807, 2.05) is 0 Å². The van der Waals surface area contributed by atoms with E-state index in [1.54, 1.807) is 0 Å². The summed E-state index contributed by atoms with van der Waals surface area (Å²) in [4.78, 5) is 3.79. The third-order valence-corrected chi connectivity index (χ3v) is 2.93. The Labute approximate surface area is 117 Å². The molecule has 0 spiro atoms. The summed E-state index contributed by atoms with van der Waals surface area (Å²) < 4.78 is 50.9. The molecule has 1 aromatic carbocycles. The van der Waals surface area contributed by atoms with Gasteiger partial charge < -0.3 is 14.8 Å². The van der Waals surface area contributed by atoms with Crippen LogP contribution in [0.4, 0.5) is 17.6 Å². The predicted octanol–water partition coefficient (Wildman–Crippen LogP) is 2.03. The minimum absolute atomic E-state index is 0.0649. The predicted molar refractivity (Wildman–Crippen MR) is 64.8 cm³/mol. The van der Waals surface area contributed by atoms with E-state index in [0.29, 0.717) is 0 Å². The highest BCUT2D eigenvalue weighted by molar-refractivity contribution is 5.23. The summed E-state index contributed by atoms with van der Waals surface area (Å²) in [6.45, 7) is -0.781. The molecule has 1 aromatic heterocycles. The number of benzene rings is 1. The van der Waals surface area contributed by atoms with Gasteiger partial charge in [-0.1, -0.05) is 12.1 Å². The molecule has 0 saturated heterocycles. The maximum atomic E-state index is 12.8. The molecule has 2 aromatic rings. The van der Waals surface area contributed by atoms with Gasteiger partial charge in [0, 0.05) is 12.4 Å². The zero-order valence-electron chi connectivity index (χ0n) is 10.6. The van der Waals surface area contributed by atoms with Crippen molar-refractivity contribution in [3.63, 3.8) is 0 Å². The van der Waals surface area contributed by atoms with Crippen LogP contribution >= 0.6 is 0 Å². The molecule has 0 aliphatic carbocycles. The number of alkyl halides is 3. The fraction of sp³-hybridized carbons (Fsp3) is 0.308. The second-order valence-electron chi connectivity index (χ2n) is 4.45. The molecular formula is C13H12F4N2O2. The molecule has 0 amide bonds. The Bertz CT molecular complexity index is 595. The molecule has 0 unspecified atom stereocenters. The van der Waals surface area contributed by atoms with Crippen LogP contribution in [0.5, 0.6) is 0 Å². The molecule has 0 saturated carbocycles. The average molecular weight is 304 g/mol. The highest BCUT2D eigenvalue weighted by Crippen LogP contribution is 2.24. The van der Waals surface area contributed by atoms with Gasteiger partial charge in [-0.2, -0.15) is 13.2 Å². The number of hydrogen-bond acceptors (Lipinski definition) is 3. The molecule has 2 atom stereocenters. The Hall–Kier alpha value is -1.93. The molecule has 0 fully saturated rings. The zero-order valence-corrected chi connectivity index (χ0v) is 10.6. The van der Waals surface area contributed by atoms with Gasteiger partial charge in [0.25, 0.3) is 0 Å². The SMILES string of the molecule is O[C@H](c1ccc(F)cc1)c1nccn1C[C@@H](O)C(F)(F)F. The van der Waals surface area contributed by atoms with Crippen LogP contribution in [0.3, 0.4) is 0 Å². The average Bonchev–Trinajstić information content (AvgIpc) is 2.86. The lowest BCUT2D eigenvalue weighted by Crippen LogP contribution is -2.33. The number of imidazole rings is 1. The summed E-state index contributed by atoms with van der Waals surface area (Å²) in [5.74, 6) is -0.563. The first kappa shape index (κ1) is 15.5. The highest BCUT2D eigenvalue weighted by Gasteiger charge is 2.38. The number of aliphatic hydroxyl groups is 2. The van der Waals surface area contributed by atoms with Gasteiger partial charge in [-0.25, -0.2) is 9.37 Å². The molecule has 2 rings (SSSR count). The first-order valence-electron chi connectivity index (χ1n) is 5.98. The molecule has 8 heteroatoms. The van der Waals surface area contributed by atoms with Crippen LogP contribution in [0.15, 0.2) is 36.7 Å². The van der Waals surface area contributed by atoms with Gasteiger partial charge in [0.15, 0.2) is 6.10 Å². The third kappa shape index (κ3) is 3.59. The van der Waals surface area contributed by atoms with Gasteiger partial charge in [-0.3, -0.25) is 0 Å². The van der Waals surface area contributed by atoms with Crippen molar-refractivity contribution in [2.75, 3.05) is 0 Å². The minimum Gasteiger partial charge on any atom is -0.382 e. The first-order chi connectivity index (χ1) is 9.79. The van der Waals surface area contributed by atoms with E-state index >= 15 is 0 Å². The van der Waals surface area contributed by atoms with Crippen LogP contribution in [0.2, 0.25) is 0 Å². The summed E-state index contributed by atoms with van der Waals surface area (Å²) in [5, 5.41) is 19.2. The Morgan fingerprint density at radius 3 is 2.33 bits per heavy atom. The fourth-order valence-corrected chi connectivity index (χ4v) is 1.81. The van der Waals surface area contributed by atoms with Crippen LogP contribution in [-0.4, -0.2) is 32.0 Å². The van der Waals surface area contributed by atoms with Crippen LogP contribution in [-0.2, 0) is 6.54 Å². The molecule has 4 nitrogen and oxygen atoms in total. The molecule has 2 N–H and O–H groups in total.